The van der Waals surface area contributed by atoms with E-state index in [-0.39, 0.29) is 0 Å². The van der Waals surface area contributed by atoms with Gasteiger partial charge in [0.1, 0.15) is 0 Å². The predicted octanol–water partition coefficient (Wildman–Crippen LogP) is 4.45. The van der Waals surface area contributed by atoms with Gasteiger partial charge in [-0.25, -0.2) is 0 Å². The molecule has 1 atom stereocenters. The van der Waals surface area contributed by atoms with Crippen molar-refractivity contribution in [3.63, 3.8) is 0 Å². The van der Waals surface area contributed by atoms with Crippen LogP contribution in [0.1, 0.15) is 78.6 Å². The molecule has 0 radical (unpaired) electrons. The topological polar surface area (TPSA) is 15.3 Å². The zero-order chi connectivity index (χ0) is 15.1. The number of likely N-dealkylation sites (tertiary alicyclic amines) is 1. The summed E-state index contributed by atoms with van der Waals surface area (Å²) in [4.78, 5) is 2.83. The van der Waals surface area contributed by atoms with E-state index in [0.29, 0.717) is 5.41 Å². The van der Waals surface area contributed by atoms with Crippen molar-refractivity contribution in [3.8, 4) is 0 Å². The molecule has 0 spiro atoms. The van der Waals surface area contributed by atoms with E-state index < -0.39 is 0 Å². The number of rotatable bonds is 6. The van der Waals surface area contributed by atoms with Crippen molar-refractivity contribution in [2.24, 2.45) is 11.3 Å². The Hall–Kier alpha value is -0.0800. The van der Waals surface area contributed by atoms with Crippen LogP contribution in [0.5, 0.6) is 0 Å². The van der Waals surface area contributed by atoms with Gasteiger partial charge < -0.3 is 10.2 Å². The van der Waals surface area contributed by atoms with Crippen LogP contribution in [0.3, 0.4) is 0 Å². The minimum absolute atomic E-state index is 0.561. The molecule has 0 aromatic carbocycles. The Labute approximate surface area is 133 Å². The van der Waals surface area contributed by atoms with E-state index in [1.807, 2.05) is 0 Å². The molecule has 0 bridgehead atoms. The largest absolute Gasteiger partial charge is 0.316 e. The van der Waals surface area contributed by atoms with E-state index in [0.717, 1.165) is 12.0 Å². The number of nitrogens with one attached hydrogen (secondary N) is 1. The zero-order valence-corrected chi connectivity index (χ0v) is 14.8. The molecule has 0 aromatic rings. The van der Waals surface area contributed by atoms with Crippen LogP contribution in [0.25, 0.3) is 0 Å². The third-order valence-corrected chi connectivity index (χ3v) is 5.70. The lowest BCUT2D eigenvalue weighted by molar-refractivity contribution is 0.0801. The fourth-order valence-electron chi connectivity index (χ4n) is 4.32. The van der Waals surface area contributed by atoms with Crippen LogP contribution in [0.15, 0.2) is 0 Å². The minimum atomic E-state index is 0.561. The second-order valence-electron chi connectivity index (χ2n) is 8.25. The fraction of sp³-hybridized carbons (Fsp3) is 1.00. The summed E-state index contributed by atoms with van der Waals surface area (Å²) in [6, 6.07) is 0.802. The van der Waals surface area contributed by atoms with Crippen LogP contribution >= 0.6 is 0 Å². The average molecular weight is 295 g/mol. The van der Waals surface area contributed by atoms with Crippen molar-refractivity contribution in [2.45, 2.75) is 84.6 Å². The second-order valence-corrected chi connectivity index (χ2v) is 8.25. The highest BCUT2D eigenvalue weighted by Crippen LogP contribution is 2.37. The van der Waals surface area contributed by atoms with Crippen molar-refractivity contribution in [2.75, 3.05) is 26.2 Å². The Bertz CT molecular complexity index is 281. The molecule has 21 heavy (non-hydrogen) atoms. The van der Waals surface area contributed by atoms with E-state index in [1.54, 1.807) is 0 Å². The van der Waals surface area contributed by atoms with E-state index in [4.69, 9.17) is 0 Å². The highest BCUT2D eigenvalue weighted by molar-refractivity contribution is 4.89. The summed E-state index contributed by atoms with van der Waals surface area (Å²) in [6.45, 7) is 12.2. The highest BCUT2D eigenvalue weighted by Gasteiger charge is 2.35. The van der Waals surface area contributed by atoms with Crippen molar-refractivity contribution in [1.29, 1.82) is 0 Å². The number of nitrogens with zero attached hydrogens (tertiary/aromatic N) is 1. The van der Waals surface area contributed by atoms with Gasteiger partial charge in [-0.15, -0.1) is 0 Å². The third-order valence-electron chi connectivity index (χ3n) is 5.70. The Morgan fingerprint density at radius 1 is 1.05 bits per heavy atom. The zero-order valence-electron chi connectivity index (χ0n) is 14.8. The molecule has 2 rings (SSSR count). The number of hydrogen-bond donors (Lipinski definition) is 1. The molecule has 2 nitrogen and oxygen atoms in total. The fourth-order valence-corrected chi connectivity index (χ4v) is 4.32. The van der Waals surface area contributed by atoms with Crippen LogP contribution in [0.4, 0.5) is 0 Å². The van der Waals surface area contributed by atoms with Gasteiger partial charge in [-0.3, -0.25) is 0 Å². The maximum atomic E-state index is 3.79. The monoisotopic (exact) mass is 294 g/mol. The normalized spacial score (nSPS) is 27.7. The van der Waals surface area contributed by atoms with E-state index in [1.165, 1.54) is 84.0 Å². The van der Waals surface area contributed by atoms with E-state index in [9.17, 15) is 0 Å². The molecule has 0 aromatic heterocycles. The first kappa shape index (κ1) is 17.3. The third kappa shape index (κ3) is 5.56. The van der Waals surface area contributed by atoms with Gasteiger partial charge >= 0.3 is 0 Å². The SMILES string of the molecule is CC(C)CNCC1(CN2CCCCCC2C)CCCCC1. The van der Waals surface area contributed by atoms with Gasteiger partial charge in [0.25, 0.3) is 0 Å². The van der Waals surface area contributed by atoms with Crippen LogP contribution < -0.4 is 5.32 Å². The van der Waals surface area contributed by atoms with Crippen molar-refractivity contribution < 1.29 is 0 Å². The Morgan fingerprint density at radius 3 is 2.48 bits per heavy atom. The van der Waals surface area contributed by atoms with Gasteiger partial charge in [-0.05, 0) is 57.0 Å². The first-order valence-electron chi connectivity index (χ1n) is 9.56. The summed E-state index contributed by atoms with van der Waals surface area (Å²) >= 11 is 0. The average Bonchev–Trinajstić information content (AvgIpc) is 2.65. The van der Waals surface area contributed by atoms with Gasteiger partial charge in [0, 0.05) is 19.1 Å². The molecule has 2 heteroatoms. The smallest absolute Gasteiger partial charge is 0.00671 e. The molecular formula is C19H38N2. The second kappa shape index (κ2) is 8.53. The molecule has 1 heterocycles. The summed E-state index contributed by atoms with van der Waals surface area (Å²) in [5.74, 6) is 0.766. The lowest BCUT2D eigenvalue weighted by Gasteiger charge is -2.43. The molecule has 124 valence electrons. The van der Waals surface area contributed by atoms with Crippen molar-refractivity contribution in [3.05, 3.63) is 0 Å². The summed E-state index contributed by atoms with van der Waals surface area (Å²) < 4.78 is 0. The van der Waals surface area contributed by atoms with Crippen molar-refractivity contribution in [1.82, 2.24) is 10.2 Å². The van der Waals surface area contributed by atoms with E-state index in [2.05, 4.69) is 31.0 Å². The molecule has 1 saturated carbocycles. The van der Waals surface area contributed by atoms with Crippen LogP contribution in [-0.2, 0) is 0 Å². The maximum Gasteiger partial charge on any atom is 0.00671 e. The molecule has 0 amide bonds. The summed E-state index contributed by atoms with van der Waals surface area (Å²) in [5, 5.41) is 3.79. The van der Waals surface area contributed by atoms with Gasteiger partial charge in [0.2, 0.25) is 0 Å². The molecular weight excluding hydrogens is 256 g/mol. The lowest BCUT2D eigenvalue weighted by Crippen LogP contribution is -2.48. The molecule has 1 N–H and O–H groups in total. The van der Waals surface area contributed by atoms with Gasteiger partial charge in [-0.1, -0.05) is 46.0 Å². The van der Waals surface area contributed by atoms with Crippen LogP contribution in [-0.4, -0.2) is 37.1 Å². The first-order chi connectivity index (χ1) is 10.1. The van der Waals surface area contributed by atoms with Gasteiger partial charge in [-0.2, -0.15) is 0 Å². The molecule has 2 aliphatic rings. The van der Waals surface area contributed by atoms with Crippen LogP contribution in [0.2, 0.25) is 0 Å². The molecule has 2 fully saturated rings. The van der Waals surface area contributed by atoms with Gasteiger partial charge in [0.15, 0.2) is 0 Å². The Morgan fingerprint density at radius 2 is 1.76 bits per heavy atom. The van der Waals surface area contributed by atoms with Crippen LogP contribution in [0, 0.1) is 11.3 Å². The standard InChI is InChI=1S/C19H38N2/c1-17(2)14-20-15-19(11-7-5-8-12-19)16-21-13-9-4-6-10-18(21)3/h17-18,20H,4-16H2,1-3H3. The molecule has 1 aliphatic heterocycles. The van der Waals surface area contributed by atoms with Gasteiger partial charge in [0.05, 0.1) is 0 Å². The van der Waals surface area contributed by atoms with E-state index >= 15 is 0 Å². The maximum absolute atomic E-state index is 3.79. The van der Waals surface area contributed by atoms with Crippen molar-refractivity contribution >= 4 is 0 Å². The summed E-state index contributed by atoms with van der Waals surface area (Å²) in [6.07, 6.45) is 13.0. The molecule has 1 unspecified atom stereocenters. The molecule has 1 aliphatic carbocycles. The molecule has 1 saturated heterocycles. The predicted molar refractivity (Wildman–Crippen MR) is 92.7 cm³/mol. The summed E-state index contributed by atoms with van der Waals surface area (Å²) in [7, 11) is 0. The Balaban J connectivity index is 1.93. The Kier molecular flexibility index (Phi) is 7.01. The first-order valence-corrected chi connectivity index (χ1v) is 9.56. The quantitative estimate of drug-likeness (QED) is 0.778. The number of hydrogen-bond acceptors (Lipinski definition) is 2. The highest BCUT2D eigenvalue weighted by atomic mass is 15.2. The summed E-state index contributed by atoms with van der Waals surface area (Å²) in [5.41, 5.74) is 0.561. The lowest BCUT2D eigenvalue weighted by atomic mass is 9.73. The minimum Gasteiger partial charge on any atom is -0.316 e.